The molecule has 0 fully saturated rings. The van der Waals surface area contributed by atoms with Crippen molar-refractivity contribution in [3.05, 3.63) is 53.3 Å². The lowest BCUT2D eigenvalue weighted by molar-refractivity contribution is 0.0600. The Balaban J connectivity index is 2.42. The second-order valence-electron chi connectivity index (χ2n) is 5.47. The third-order valence-corrected chi connectivity index (χ3v) is 3.92. The van der Waals surface area contributed by atoms with Crippen molar-refractivity contribution in [2.75, 3.05) is 7.11 Å². The van der Waals surface area contributed by atoms with E-state index in [0.29, 0.717) is 11.3 Å². The first-order chi connectivity index (χ1) is 10.5. The summed E-state index contributed by atoms with van der Waals surface area (Å²) < 4.78 is 6.93. The van der Waals surface area contributed by atoms with Crippen LogP contribution in [-0.2, 0) is 11.8 Å². The highest BCUT2D eigenvalue weighted by Crippen LogP contribution is 2.34. The highest BCUT2D eigenvalue weighted by molar-refractivity contribution is 6.07. The Hall–Kier alpha value is -2.62. The Morgan fingerprint density at radius 3 is 2.45 bits per heavy atom. The van der Waals surface area contributed by atoms with Gasteiger partial charge in [-0.1, -0.05) is 29.8 Å². The van der Waals surface area contributed by atoms with Gasteiger partial charge in [-0.25, -0.2) is 9.78 Å². The van der Waals surface area contributed by atoms with Crippen molar-refractivity contribution in [2.24, 2.45) is 7.05 Å². The normalized spacial score (nSPS) is 10.9. The fourth-order valence-corrected chi connectivity index (χ4v) is 2.76. The average Bonchev–Trinajstić information content (AvgIpc) is 2.87. The number of rotatable bonds is 2. The Morgan fingerprint density at radius 1 is 1.14 bits per heavy atom. The van der Waals surface area contributed by atoms with Gasteiger partial charge in [-0.15, -0.1) is 0 Å². The van der Waals surface area contributed by atoms with Crippen LogP contribution in [0, 0.1) is 13.8 Å². The standard InChI is InChI=1S/C18H18N2O2/c1-11-5-7-13(8-6-11)16-14-9-10-20(3)17(14)19-12(2)15(16)18(21)22-4/h5-10H,1-4H3. The van der Waals surface area contributed by atoms with Gasteiger partial charge in [0.15, 0.2) is 0 Å². The van der Waals surface area contributed by atoms with Gasteiger partial charge in [0.1, 0.15) is 5.65 Å². The number of methoxy groups -OCH3 is 1. The van der Waals surface area contributed by atoms with E-state index < -0.39 is 0 Å². The van der Waals surface area contributed by atoms with Gasteiger partial charge in [0, 0.05) is 24.2 Å². The fraction of sp³-hybridized carbons (Fsp3) is 0.222. The number of pyridine rings is 1. The van der Waals surface area contributed by atoms with Gasteiger partial charge in [-0.2, -0.15) is 0 Å². The van der Waals surface area contributed by atoms with Crippen molar-refractivity contribution in [3.8, 4) is 11.1 Å². The summed E-state index contributed by atoms with van der Waals surface area (Å²) in [5, 5.41) is 0.956. The first kappa shape index (κ1) is 14.3. The topological polar surface area (TPSA) is 44.1 Å². The Labute approximate surface area is 129 Å². The smallest absolute Gasteiger partial charge is 0.340 e. The molecule has 0 aliphatic rings. The van der Waals surface area contributed by atoms with Crippen LogP contribution in [0.3, 0.4) is 0 Å². The molecule has 112 valence electrons. The highest BCUT2D eigenvalue weighted by Gasteiger charge is 2.21. The lowest BCUT2D eigenvalue weighted by atomic mass is 9.95. The van der Waals surface area contributed by atoms with Crippen LogP contribution < -0.4 is 0 Å². The molecule has 3 aromatic rings. The first-order valence-electron chi connectivity index (χ1n) is 7.14. The zero-order valence-electron chi connectivity index (χ0n) is 13.2. The number of esters is 1. The molecule has 0 spiro atoms. The minimum atomic E-state index is -0.355. The van der Waals surface area contributed by atoms with Crippen molar-refractivity contribution in [1.29, 1.82) is 0 Å². The molecule has 3 rings (SSSR count). The first-order valence-corrected chi connectivity index (χ1v) is 7.14. The lowest BCUT2D eigenvalue weighted by Crippen LogP contribution is -2.09. The predicted molar refractivity (Wildman–Crippen MR) is 87.0 cm³/mol. The Morgan fingerprint density at radius 2 is 1.82 bits per heavy atom. The van der Waals surface area contributed by atoms with Crippen LogP contribution in [-0.4, -0.2) is 22.6 Å². The molecule has 0 bridgehead atoms. The summed E-state index contributed by atoms with van der Waals surface area (Å²) >= 11 is 0. The maximum absolute atomic E-state index is 12.3. The third kappa shape index (κ3) is 2.17. The summed E-state index contributed by atoms with van der Waals surface area (Å²) in [6.45, 7) is 3.89. The summed E-state index contributed by atoms with van der Waals surface area (Å²) in [4.78, 5) is 16.8. The van der Waals surface area contributed by atoms with E-state index in [-0.39, 0.29) is 5.97 Å². The quantitative estimate of drug-likeness (QED) is 0.678. The molecule has 0 aliphatic carbocycles. The van der Waals surface area contributed by atoms with Crippen molar-refractivity contribution in [1.82, 2.24) is 9.55 Å². The molecule has 0 aliphatic heterocycles. The van der Waals surface area contributed by atoms with Gasteiger partial charge in [0.25, 0.3) is 0 Å². The van der Waals surface area contributed by atoms with E-state index in [0.717, 1.165) is 22.2 Å². The summed E-state index contributed by atoms with van der Waals surface area (Å²) in [7, 11) is 3.35. The summed E-state index contributed by atoms with van der Waals surface area (Å²) in [6.07, 6.45) is 1.95. The third-order valence-electron chi connectivity index (χ3n) is 3.92. The molecule has 0 saturated heterocycles. The van der Waals surface area contributed by atoms with E-state index in [1.807, 2.05) is 62.0 Å². The molecule has 4 heteroatoms. The number of fused-ring (bicyclic) bond motifs is 1. The van der Waals surface area contributed by atoms with E-state index in [4.69, 9.17) is 4.74 Å². The molecule has 22 heavy (non-hydrogen) atoms. The molecule has 0 amide bonds. The second-order valence-corrected chi connectivity index (χ2v) is 5.47. The average molecular weight is 294 g/mol. The molecule has 0 radical (unpaired) electrons. The lowest BCUT2D eigenvalue weighted by Gasteiger charge is -2.13. The van der Waals surface area contributed by atoms with E-state index in [2.05, 4.69) is 4.98 Å². The van der Waals surface area contributed by atoms with E-state index in [9.17, 15) is 4.79 Å². The van der Waals surface area contributed by atoms with E-state index in [1.165, 1.54) is 12.7 Å². The van der Waals surface area contributed by atoms with Crippen LogP contribution >= 0.6 is 0 Å². The van der Waals surface area contributed by atoms with Gasteiger partial charge in [0.05, 0.1) is 18.4 Å². The molecule has 0 saturated carbocycles. The van der Waals surface area contributed by atoms with E-state index in [1.54, 1.807) is 0 Å². The summed E-state index contributed by atoms with van der Waals surface area (Å²) in [6, 6.07) is 10.1. The number of carbonyl (C=O) groups excluding carboxylic acids is 1. The van der Waals surface area contributed by atoms with Crippen molar-refractivity contribution in [2.45, 2.75) is 13.8 Å². The van der Waals surface area contributed by atoms with Crippen LogP contribution in [0.2, 0.25) is 0 Å². The zero-order chi connectivity index (χ0) is 15.9. The minimum absolute atomic E-state index is 0.355. The molecule has 0 unspecified atom stereocenters. The van der Waals surface area contributed by atoms with Gasteiger partial charge in [0.2, 0.25) is 0 Å². The largest absolute Gasteiger partial charge is 0.465 e. The maximum Gasteiger partial charge on any atom is 0.340 e. The van der Waals surface area contributed by atoms with Crippen LogP contribution in [0.25, 0.3) is 22.2 Å². The molecule has 4 nitrogen and oxygen atoms in total. The van der Waals surface area contributed by atoms with Crippen LogP contribution in [0.4, 0.5) is 0 Å². The monoisotopic (exact) mass is 294 g/mol. The van der Waals surface area contributed by atoms with Gasteiger partial charge in [-0.3, -0.25) is 0 Å². The van der Waals surface area contributed by atoms with Gasteiger partial charge in [-0.05, 0) is 25.5 Å². The summed E-state index contributed by atoms with van der Waals surface area (Å²) in [5.74, 6) is -0.355. The molecular formula is C18H18N2O2. The van der Waals surface area contributed by atoms with Crippen molar-refractivity contribution < 1.29 is 9.53 Å². The maximum atomic E-state index is 12.3. The number of aromatic nitrogens is 2. The van der Waals surface area contributed by atoms with E-state index >= 15 is 0 Å². The molecule has 1 aromatic carbocycles. The summed E-state index contributed by atoms with van der Waals surface area (Å²) in [5.41, 5.74) is 5.13. The number of ether oxygens (including phenoxy) is 1. The predicted octanol–water partition coefficient (Wildman–Crippen LogP) is 3.64. The Bertz CT molecular complexity index is 861. The highest BCUT2D eigenvalue weighted by atomic mass is 16.5. The van der Waals surface area contributed by atoms with Crippen molar-refractivity contribution >= 4 is 17.0 Å². The Kier molecular flexibility index (Phi) is 3.45. The number of carbonyl (C=O) groups is 1. The number of benzene rings is 1. The molecular weight excluding hydrogens is 276 g/mol. The van der Waals surface area contributed by atoms with Gasteiger partial charge < -0.3 is 9.30 Å². The second kappa shape index (κ2) is 5.30. The minimum Gasteiger partial charge on any atom is -0.465 e. The molecule has 2 aromatic heterocycles. The van der Waals surface area contributed by atoms with Crippen molar-refractivity contribution in [3.63, 3.8) is 0 Å². The fourth-order valence-electron chi connectivity index (χ4n) is 2.76. The molecule has 0 N–H and O–H groups in total. The number of nitrogens with zero attached hydrogens (tertiary/aromatic N) is 2. The van der Waals surface area contributed by atoms with Crippen LogP contribution in [0.5, 0.6) is 0 Å². The zero-order valence-corrected chi connectivity index (χ0v) is 13.2. The SMILES string of the molecule is COC(=O)c1c(C)nc2c(ccn2C)c1-c1ccc(C)cc1. The van der Waals surface area contributed by atoms with Gasteiger partial charge >= 0.3 is 5.97 Å². The molecule has 0 atom stereocenters. The van der Waals surface area contributed by atoms with Crippen LogP contribution in [0.15, 0.2) is 36.5 Å². The molecule has 2 heterocycles. The number of aryl methyl sites for hydroxylation is 3. The number of hydrogen-bond donors (Lipinski definition) is 0. The number of hydrogen-bond acceptors (Lipinski definition) is 3. The van der Waals surface area contributed by atoms with Crippen LogP contribution in [0.1, 0.15) is 21.6 Å².